The Morgan fingerprint density at radius 3 is 2.08 bits per heavy atom. The quantitative estimate of drug-likeness (QED) is 0.517. The van der Waals surface area contributed by atoms with Gasteiger partial charge in [-0.1, -0.05) is 47.0 Å². The van der Waals surface area contributed by atoms with Crippen molar-refractivity contribution in [1.82, 2.24) is 0 Å². The van der Waals surface area contributed by atoms with E-state index >= 15 is 0 Å². The zero-order chi connectivity index (χ0) is 9.84. The van der Waals surface area contributed by atoms with E-state index in [9.17, 15) is 0 Å². The van der Waals surface area contributed by atoms with Crippen LogP contribution in [0.25, 0.3) is 0 Å². The van der Waals surface area contributed by atoms with Crippen LogP contribution in [0.4, 0.5) is 0 Å². The van der Waals surface area contributed by atoms with Crippen LogP contribution >= 0.6 is 0 Å². The van der Waals surface area contributed by atoms with Crippen LogP contribution in [0.2, 0.25) is 0 Å². The summed E-state index contributed by atoms with van der Waals surface area (Å²) in [5.41, 5.74) is 0. The minimum Gasteiger partial charge on any atom is -0.0625 e. The smallest absolute Gasteiger partial charge is 0.0414 e. The van der Waals surface area contributed by atoms with E-state index in [0.717, 1.165) is 23.7 Å². The highest BCUT2D eigenvalue weighted by molar-refractivity contribution is 4.71. The molecule has 0 nitrogen and oxygen atoms in total. The summed E-state index contributed by atoms with van der Waals surface area (Å²) in [5.74, 6) is 3.81. The summed E-state index contributed by atoms with van der Waals surface area (Å²) >= 11 is 0. The van der Waals surface area contributed by atoms with E-state index in [-0.39, 0.29) is 0 Å². The highest BCUT2D eigenvalue weighted by atomic mass is 14.2. The summed E-state index contributed by atoms with van der Waals surface area (Å²) in [7, 11) is 0. The Hall–Kier alpha value is 0. The predicted octanol–water partition coefficient (Wildman–Crippen LogP) is 4.49. The third-order valence-corrected chi connectivity index (χ3v) is 3.91. The molecular weight excluding hydrogens is 156 g/mol. The molecule has 1 rings (SSSR count). The minimum absolute atomic E-state index is 0.945. The average Bonchev–Trinajstić information content (AvgIpc) is 2.06. The van der Waals surface area contributed by atoms with Gasteiger partial charge in [0.15, 0.2) is 0 Å². The molecule has 1 fully saturated rings. The Labute approximate surface area is 84.1 Å². The van der Waals surface area contributed by atoms with Gasteiger partial charge in [0.1, 0.15) is 0 Å². The van der Waals surface area contributed by atoms with Crippen LogP contribution in [0.1, 0.15) is 59.8 Å². The van der Waals surface area contributed by atoms with Gasteiger partial charge in [0.2, 0.25) is 0 Å². The van der Waals surface area contributed by atoms with E-state index in [0.29, 0.717) is 0 Å². The summed E-state index contributed by atoms with van der Waals surface area (Å²) in [6.07, 6.45) is 7.28. The van der Waals surface area contributed by atoms with E-state index in [4.69, 9.17) is 0 Å². The van der Waals surface area contributed by atoms with Crippen molar-refractivity contribution in [1.29, 1.82) is 0 Å². The van der Waals surface area contributed by atoms with Crippen molar-refractivity contribution in [3.8, 4) is 0 Å². The zero-order valence-electron chi connectivity index (χ0n) is 9.84. The predicted molar refractivity (Wildman–Crippen MR) is 59.7 cm³/mol. The molecule has 0 N–H and O–H groups in total. The Morgan fingerprint density at radius 1 is 0.692 bits per heavy atom. The average molecular weight is 182 g/mol. The first-order chi connectivity index (χ1) is 6.09. The first-order valence-electron chi connectivity index (χ1n) is 6.09. The van der Waals surface area contributed by atoms with Crippen LogP contribution < -0.4 is 0 Å². The summed E-state index contributed by atoms with van der Waals surface area (Å²) in [5, 5.41) is 0. The molecule has 0 bridgehead atoms. The topological polar surface area (TPSA) is 0 Å². The second-order valence-corrected chi connectivity index (χ2v) is 5.57. The fourth-order valence-electron chi connectivity index (χ4n) is 2.84. The van der Waals surface area contributed by atoms with Gasteiger partial charge in [-0.2, -0.15) is 0 Å². The lowest BCUT2D eigenvalue weighted by molar-refractivity contribution is 0.296. The molecule has 1 aliphatic carbocycles. The fourth-order valence-corrected chi connectivity index (χ4v) is 2.84. The maximum atomic E-state index is 2.44. The van der Waals surface area contributed by atoms with E-state index in [1.165, 1.54) is 32.1 Å². The molecule has 78 valence electrons. The van der Waals surface area contributed by atoms with Gasteiger partial charge in [-0.15, -0.1) is 0 Å². The molecule has 0 heterocycles. The minimum atomic E-state index is 0.945. The van der Waals surface area contributed by atoms with Crippen molar-refractivity contribution in [3.05, 3.63) is 0 Å². The van der Waals surface area contributed by atoms with E-state index in [1.807, 2.05) is 0 Å². The van der Waals surface area contributed by atoms with E-state index < -0.39 is 0 Å². The highest BCUT2D eigenvalue weighted by Gasteiger charge is 2.19. The second-order valence-electron chi connectivity index (χ2n) is 5.57. The Bertz CT molecular complexity index is 139. The summed E-state index contributed by atoms with van der Waals surface area (Å²) < 4.78 is 0. The first kappa shape index (κ1) is 11.1. The van der Waals surface area contributed by atoms with Gasteiger partial charge in [-0.25, -0.2) is 0 Å². The zero-order valence-corrected chi connectivity index (χ0v) is 9.84. The summed E-state index contributed by atoms with van der Waals surface area (Å²) in [6.45, 7) is 9.74. The lowest BCUT2D eigenvalue weighted by Crippen LogP contribution is -2.11. The standard InChI is InChI=1S/C13H26/c1-10-6-5-7-12(3)13(4)9-11(2)8-10/h10-13H,5-9H2,1-4H3. The molecular formula is C13H26. The Kier molecular flexibility index (Phi) is 4.28. The molecule has 0 aromatic heterocycles. The second kappa shape index (κ2) is 5.02. The third kappa shape index (κ3) is 3.70. The van der Waals surface area contributed by atoms with E-state index in [1.54, 1.807) is 0 Å². The molecule has 4 unspecified atom stereocenters. The van der Waals surface area contributed by atoms with Gasteiger partial charge in [-0.3, -0.25) is 0 Å². The molecule has 0 aromatic carbocycles. The maximum Gasteiger partial charge on any atom is -0.0414 e. The van der Waals surface area contributed by atoms with Crippen LogP contribution in [-0.2, 0) is 0 Å². The molecule has 0 heteroatoms. The number of hydrogen-bond acceptors (Lipinski definition) is 0. The largest absolute Gasteiger partial charge is 0.0625 e. The molecule has 0 radical (unpaired) electrons. The molecule has 1 aliphatic rings. The van der Waals surface area contributed by atoms with Gasteiger partial charge >= 0.3 is 0 Å². The van der Waals surface area contributed by atoms with Crippen LogP contribution in [0.5, 0.6) is 0 Å². The Balaban J connectivity index is 2.48. The lowest BCUT2D eigenvalue weighted by Gasteiger charge is -2.21. The van der Waals surface area contributed by atoms with Crippen molar-refractivity contribution in [3.63, 3.8) is 0 Å². The normalized spacial score (nSPS) is 43.4. The van der Waals surface area contributed by atoms with Crippen molar-refractivity contribution in [2.75, 3.05) is 0 Å². The summed E-state index contributed by atoms with van der Waals surface area (Å²) in [6, 6.07) is 0. The number of hydrogen-bond donors (Lipinski definition) is 0. The molecule has 0 spiro atoms. The fraction of sp³-hybridized carbons (Fsp3) is 1.00. The molecule has 0 amide bonds. The van der Waals surface area contributed by atoms with Crippen molar-refractivity contribution in [2.24, 2.45) is 23.7 Å². The molecule has 4 atom stereocenters. The molecule has 13 heavy (non-hydrogen) atoms. The van der Waals surface area contributed by atoms with Crippen LogP contribution in [-0.4, -0.2) is 0 Å². The van der Waals surface area contributed by atoms with Gasteiger partial charge in [0, 0.05) is 0 Å². The number of rotatable bonds is 0. The molecule has 0 aromatic rings. The van der Waals surface area contributed by atoms with E-state index in [2.05, 4.69) is 27.7 Å². The van der Waals surface area contributed by atoms with Crippen molar-refractivity contribution in [2.45, 2.75) is 59.8 Å². The van der Waals surface area contributed by atoms with Crippen LogP contribution in [0.3, 0.4) is 0 Å². The van der Waals surface area contributed by atoms with Crippen molar-refractivity contribution >= 4 is 0 Å². The molecule has 0 saturated heterocycles. The van der Waals surface area contributed by atoms with Crippen LogP contribution in [0, 0.1) is 23.7 Å². The van der Waals surface area contributed by atoms with Gasteiger partial charge in [0.25, 0.3) is 0 Å². The van der Waals surface area contributed by atoms with Crippen LogP contribution in [0.15, 0.2) is 0 Å². The van der Waals surface area contributed by atoms with Crippen molar-refractivity contribution < 1.29 is 0 Å². The maximum absolute atomic E-state index is 2.44. The SMILES string of the molecule is CC1CCCC(C)C(C)CC(C)C1. The Morgan fingerprint density at radius 2 is 1.38 bits per heavy atom. The lowest BCUT2D eigenvalue weighted by atomic mass is 9.85. The first-order valence-corrected chi connectivity index (χ1v) is 6.09. The van der Waals surface area contributed by atoms with Gasteiger partial charge in [0.05, 0.1) is 0 Å². The molecule has 0 aliphatic heterocycles. The van der Waals surface area contributed by atoms with Gasteiger partial charge < -0.3 is 0 Å². The monoisotopic (exact) mass is 182 g/mol. The third-order valence-electron chi connectivity index (χ3n) is 3.91. The summed E-state index contributed by atoms with van der Waals surface area (Å²) in [4.78, 5) is 0. The molecule has 1 saturated carbocycles. The van der Waals surface area contributed by atoms with Gasteiger partial charge in [-0.05, 0) is 36.5 Å². The highest BCUT2D eigenvalue weighted by Crippen LogP contribution is 2.31.